The van der Waals surface area contributed by atoms with E-state index in [2.05, 4.69) is 6.07 Å². The summed E-state index contributed by atoms with van der Waals surface area (Å²) >= 11 is 0. The van der Waals surface area contributed by atoms with Crippen molar-refractivity contribution in [2.75, 3.05) is 26.4 Å². The lowest BCUT2D eigenvalue weighted by molar-refractivity contribution is 0.0646. The largest absolute Gasteiger partial charge is 0.493 e. The first-order chi connectivity index (χ1) is 13.7. The van der Waals surface area contributed by atoms with Crippen LogP contribution >= 0.6 is 0 Å². The van der Waals surface area contributed by atoms with E-state index in [-0.39, 0.29) is 24.5 Å². The van der Waals surface area contributed by atoms with Gasteiger partial charge in [-0.25, -0.2) is 0 Å². The standard InChI is InChI=1S/C21H18N2O5/c22-11-14-10-15(6-7-19(14)28-13-16-12-27-16)26-9-3-8-23-20(24)17-4-1-2-5-18(17)21(23)25/h1-2,4-7,10,16H,3,8-9,12-13H2/t16-/m0/s1. The quantitative estimate of drug-likeness (QED) is 0.398. The van der Waals surface area contributed by atoms with Gasteiger partial charge in [-0.15, -0.1) is 0 Å². The minimum Gasteiger partial charge on any atom is -0.493 e. The molecule has 0 saturated carbocycles. The minimum atomic E-state index is -0.270. The topological polar surface area (TPSA) is 92.2 Å². The van der Waals surface area contributed by atoms with E-state index < -0.39 is 0 Å². The third kappa shape index (κ3) is 3.68. The van der Waals surface area contributed by atoms with Crippen LogP contribution in [0.15, 0.2) is 42.5 Å². The first-order valence-corrected chi connectivity index (χ1v) is 9.04. The molecule has 0 N–H and O–H groups in total. The van der Waals surface area contributed by atoms with Gasteiger partial charge in [-0.3, -0.25) is 14.5 Å². The van der Waals surface area contributed by atoms with Crippen LogP contribution in [0.4, 0.5) is 0 Å². The van der Waals surface area contributed by atoms with E-state index >= 15 is 0 Å². The predicted molar refractivity (Wildman–Crippen MR) is 98.3 cm³/mol. The maximum atomic E-state index is 12.3. The molecule has 0 spiro atoms. The average molecular weight is 378 g/mol. The van der Waals surface area contributed by atoms with Crippen LogP contribution in [0.3, 0.4) is 0 Å². The molecule has 7 nitrogen and oxygen atoms in total. The monoisotopic (exact) mass is 378 g/mol. The van der Waals surface area contributed by atoms with Crippen molar-refractivity contribution in [2.45, 2.75) is 12.5 Å². The molecular weight excluding hydrogens is 360 g/mol. The van der Waals surface area contributed by atoms with Crippen LogP contribution < -0.4 is 9.47 Å². The van der Waals surface area contributed by atoms with Gasteiger partial charge in [-0.2, -0.15) is 5.26 Å². The summed E-state index contributed by atoms with van der Waals surface area (Å²) in [6, 6.07) is 13.9. The molecule has 0 bridgehead atoms. The van der Waals surface area contributed by atoms with E-state index in [0.717, 1.165) is 0 Å². The van der Waals surface area contributed by atoms with Gasteiger partial charge in [0.1, 0.15) is 30.3 Å². The molecule has 2 heterocycles. The summed E-state index contributed by atoms with van der Waals surface area (Å²) in [6.07, 6.45) is 0.606. The van der Waals surface area contributed by atoms with Crippen molar-refractivity contribution in [3.05, 3.63) is 59.2 Å². The van der Waals surface area contributed by atoms with Gasteiger partial charge in [-0.1, -0.05) is 12.1 Å². The van der Waals surface area contributed by atoms with Gasteiger partial charge in [0.2, 0.25) is 0 Å². The molecule has 7 heteroatoms. The highest BCUT2D eigenvalue weighted by Crippen LogP contribution is 2.25. The fraction of sp³-hybridized carbons (Fsp3) is 0.286. The van der Waals surface area contributed by atoms with Crippen molar-refractivity contribution in [1.82, 2.24) is 4.90 Å². The van der Waals surface area contributed by atoms with Gasteiger partial charge in [0, 0.05) is 12.6 Å². The second-order valence-corrected chi connectivity index (χ2v) is 6.55. The number of fused-ring (bicyclic) bond motifs is 1. The fourth-order valence-electron chi connectivity index (χ4n) is 3.01. The second-order valence-electron chi connectivity index (χ2n) is 6.55. The normalized spacial score (nSPS) is 17.2. The maximum absolute atomic E-state index is 12.3. The van der Waals surface area contributed by atoms with Crippen molar-refractivity contribution in [3.8, 4) is 17.6 Å². The van der Waals surface area contributed by atoms with Crippen molar-refractivity contribution in [3.63, 3.8) is 0 Å². The van der Waals surface area contributed by atoms with E-state index in [4.69, 9.17) is 14.2 Å². The molecule has 2 aliphatic rings. The molecular formula is C21H18N2O5. The summed E-state index contributed by atoms with van der Waals surface area (Å²) in [5.41, 5.74) is 1.28. The third-order valence-electron chi connectivity index (χ3n) is 4.57. The summed E-state index contributed by atoms with van der Waals surface area (Å²) in [4.78, 5) is 25.9. The van der Waals surface area contributed by atoms with Crippen molar-refractivity contribution in [1.29, 1.82) is 5.26 Å². The molecule has 4 rings (SSSR count). The number of epoxide rings is 1. The Hall–Kier alpha value is -3.37. The lowest BCUT2D eigenvalue weighted by atomic mass is 10.1. The molecule has 2 aliphatic heterocycles. The molecule has 2 aromatic carbocycles. The molecule has 0 unspecified atom stereocenters. The molecule has 28 heavy (non-hydrogen) atoms. The van der Waals surface area contributed by atoms with Crippen LogP contribution in [-0.2, 0) is 4.74 Å². The van der Waals surface area contributed by atoms with Crippen LogP contribution in [0, 0.1) is 11.3 Å². The third-order valence-corrected chi connectivity index (χ3v) is 4.57. The van der Waals surface area contributed by atoms with Crippen LogP contribution in [-0.4, -0.2) is 49.2 Å². The minimum absolute atomic E-state index is 0.115. The Morgan fingerprint density at radius 3 is 2.46 bits per heavy atom. The number of amides is 2. The van der Waals surface area contributed by atoms with Crippen molar-refractivity contribution < 1.29 is 23.8 Å². The Balaban J connectivity index is 1.29. The number of rotatable bonds is 8. The maximum Gasteiger partial charge on any atom is 0.261 e. The molecule has 1 saturated heterocycles. The van der Waals surface area contributed by atoms with E-state index in [9.17, 15) is 14.9 Å². The molecule has 0 radical (unpaired) electrons. The van der Waals surface area contributed by atoms with Gasteiger partial charge >= 0.3 is 0 Å². The van der Waals surface area contributed by atoms with Gasteiger partial charge < -0.3 is 14.2 Å². The van der Waals surface area contributed by atoms with Crippen LogP contribution in [0.1, 0.15) is 32.7 Å². The summed E-state index contributed by atoms with van der Waals surface area (Å²) in [5, 5.41) is 9.28. The van der Waals surface area contributed by atoms with Gasteiger partial charge in [0.15, 0.2) is 0 Å². The SMILES string of the molecule is N#Cc1cc(OCCCN2C(=O)c3ccccc3C2=O)ccc1OC[C@@H]1CO1. The molecule has 142 valence electrons. The number of ether oxygens (including phenoxy) is 3. The number of carbonyl (C=O) groups excluding carboxylic acids is 2. The number of hydrogen-bond acceptors (Lipinski definition) is 6. The van der Waals surface area contributed by atoms with Crippen LogP contribution in [0.25, 0.3) is 0 Å². The van der Waals surface area contributed by atoms with Crippen molar-refractivity contribution in [2.24, 2.45) is 0 Å². The Morgan fingerprint density at radius 1 is 1.11 bits per heavy atom. The summed E-state index contributed by atoms with van der Waals surface area (Å²) in [6.45, 7) is 1.71. The summed E-state index contributed by atoms with van der Waals surface area (Å²) < 4.78 is 16.3. The Bertz CT molecular complexity index is 927. The molecule has 2 amide bonds. The molecule has 0 aromatic heterocycles. The zero-order valence-electron chi connectivity index (χ0n) is 15.1. The van der Waals surface area contributed by atoms with Crippen LogP contribution in [0.5, 0.6) is 11.5 Å². The second kappa shape index (κ2) is 7.71. The lowest BCUT2D eigenvalue weighted by Gasteiger charge is -2.14. The molecule has 1 fully saturated rings. The van der Waals surface area contributed by atoms with Gasteiger partial charge in [0.05, 0.1) is 29.9 Å². The number of carbonyl (C=O) groups is 2. The van der Waals surface area contributed by atoms with Gasteiger partial charge in [0.25, 0.3) is 11.8 Å². The number of nitrogens with zero attached hydrogens (tertiary/aromatic N) is 2. The Kier molecular flexibility index (Phi) is 4.96. The summed E-state index contributed by atoms with van der Waals surface area (Å²) in [7, 11) is 0. The van der Waals surface area contributed by atoms with E-state index in [1.54, 1.807) is 42.5 Å². The fourth-order valence-corrected chi connectivity index (χ4v) is 3.01. The molecule has 1 atom stereocenters. The highest BCUT2D eigenvalue weighted by Gasteiger charge is 2.34. The van der Waals surface area contributed by atoms with Crippen molar-refractivity contribution >= 4 is 11.8 Å². The van der Waals surface area contributed by atoms with E-state index in [0.29, 0.717) is 54.4 Å². The molecule has 2 aromatic rings. The lowest BCUT2D eigenvalue weighted by Crippen LogP contribution is -2.31. The average Bonchev–Trinajstić information content (AvgIpc) is 3.52. The highest BCUT2D eigenvalue weighted by atomic mass is 16.6. The van der Waals surface area contributed by atoms with E-state index in [1.807, 2.05) is 0 Å². The zero-order chi connectivity index (χ0) is 19.5. The predicted octanol–water partition coefficient (Wildman–Crippen LogP) is 2.40. The number of hydrogen-bond donors (Lipinski definition) is 0. The number of imide groups is 1. The highest BCUT2D eigenvalue weighted by molar-refractivity contribution is 6.21. The number of benzene rings is 2. The Labute approximate surface area is 162 Å². The van der Waals surface area contributed by atoms with E-state index in [1.165, 1.54) is 4.90 Å². The Morgan fingerprint density at radius 2 is 1.82 bits per heavy atom. The number of nitriles is 1. The molecule has 0 aliphatic carbocycles. The van der Waals surface area contributed by atoms with Crippen LogP contribution in [0.2, 0.25) is 0 Å². The zero-order valence-corrected chi connectivity index (χ0v) is 15.1. The summed E-state index contributed by atoms with van der Waals surface area (Å²) in [5.74, 6) is 0.493. The first kappa shape index (κ1) is 18.0. The van der Waals surface area contributed by atoms with Gasteiger partial charge in [-0.05, 0) is 30.7 Å². The first-order valence-electron chi connectivity index (χ1n) is 9.04. The smallest absolute Gasteiger partial charge is 0.261 e.